The number of methoxy groups -OCH3 is 1. The van der Waals surface area contributed by atoms with Crippen molar-refractivity contribution in [2.45, 2.75) is 11.7 Å². The summed E-state index contributed by atoms with van der Waals surface area (Å²) in [6.07, 6.45) is 1.82. The van der Waals surface area contributed by atoms with E-state index in [0.29, 0.717) is 25.4 Å². The number of thioether (sulfide) groups is 1. The van der Waals surface area contributed by atoms with Crippen LogP contribution in [0.1, 0.15) is 0 Å². The summed E-state index contributed by atoms with van der Waals surface area (Å²) in [7, 11) is 1.67. The first-order chi connectivity index (χ1) is 15.7. The molecule has 0 radical (unpaired) electrons. The van der Waals surface area contributed by atoms with Crippen LogP contribution in [-0.4, -0.2) is 64.6 Å². The molecule has 2 aromatic carbocycles. The van der Waals surface area contributed by atoms with Crippen molar-refractivity contribution in [3.8, 4) is 17.1 Å². The molecule has 4 rings (SSSR count). The molecule has 3 aromatic rings. The van der Waals surface area contributed by atoms with Crippen LogP contribution < -0.4 is 9.64 Å². The molecule has 32 heavy (non-hydrogen) atoms. The SMILES string of the molecule is C=CCn1c(SCC(=O)N2CCN(c3ccc(OC)cc3)CC2)nnc1-c1ccccc1. The summed E-state index contributed by atoms with van der Waals surface area (Å²) in [5.41, 5.74) is 2.15. The van der Waals surface area contributed by atoms with Crippen molar-refractivity contribution in [2.75, 3.05) is 43.9 Å². The lowest BCUT2D eigenvalue weighted by molar-refractivity contribution is -0.128. The van der Waals surface area contributed by atoms with Crippen molar-refractivity contribution in [2.24, 2.45) is 0 Å². The molecular formula is C24H27N5O2S. The number of carbonyl (C=O) groups excluding carboxylic acids is 1. The van der Waals surface area contributed by atoms with Crippen LogP contribution in [0.5, 0.6) is 5.75 Å². The highest BCUT2D eigenvalue weighted by atomic mass is 32.2. The van der Waals surface area contributed by atoms with Crippen LogP contribution in [0.4, 0.5) is 5.69 Å². The average molecular weight is 450 g/mol. The second-order valence-electron chi connectivity index (χ2n) is 7.43. The van der Waals surface area contributed by atoms with E-state index < -0.39 is 0 Å². The summed E-state index contributed by atoms with van der Waals surface area (Å²) >= 11 is 1.43. The smallest absolute Gasteiger partial charge is 0.233 e. The number of carbonyl (C=O) groups is 1. The van der Waals surface area contributed by atoms with E-state index in [1.54, 1.807) is 7.11 Å². The van der Waals surface area contributed by atoms with E-state index in [4.69, 9.17) is 4.74 Å². The van der Waals surface area contributed by atoms with Crippen LogP contribution in [0, 0.1) is 0 Å². The Kier molecular flexibility index (Phi) is 7.11. The van der Waals surface area contributed by atoms with Crippen molar-refractivity contribution < 1.29 is 9.53 Å². The van der Waals surface area contributed by atoms with Crippen molar-refractivity contribution in [1.82, 2.24) is 19.7 Å². The number of aromatic nitrogens is 3. The van der Waals surface area contributed by atoms with Crippen molar-refractivity contribution in [3.05, 3.63) is 67.3 Å². The number of hydrogen-bond acceptors (Lipinski definition) is 6. The molecule has 1 saturated heterocycles. The highest BCUT2D eigenvalue weighted by Crippen LogP contribution is 2.25. The minimum atomic E-state index is 0.124. The summed E-state index contributed by atoms with van der Waals surface area (Å²) in [4.78, 5) is 17.1. The maximum absolute atomic E-state index is 12.8. The number of amides is 1. The maximum Gasteiger partial charge on any atom is 0.233 e. The number of nitrogens with zero attached hydrogens (tertiary/aromatic N) is 5. The van der Waals surface area contributed by atoms with Gasteiger partial charge in [0.2, 0.25) is 5.91 Å². The lowest BCUT2D eigenvalue weighted by Crippen LogP contribution is -2.49. The van der Waals surface area contributed by atoms with Gasteiger partial charge in [-0.2, -0.15) is 0 Å². The van der Waals surface area contributed by atoms with E-state index in [1.165, 1.54) is 11.8 Å². The zero-order chi connectivity index (χ0) is 22.3. The van der Waals surface area contributed by atoms with Crippen LogP contribution in [0.3, 0.4) is 0 Å². The zero-order valence-electron chi connectivity index (χ0n) is 18.2. The van der Waals surface area contributed by atoms with Gasteiger partial charge in [0.25, 0.3) is 0 Å². The van der Waals surface area contributed by atoms with Gasteiger partial charge in [-0.1, -0.05) is 48.2 Å². The molecule has 1 aliphatic heterocycles. The lowest BCUT2D eigenvalue weighted by atomic mass is 10.2. The minimum Gasteiger partial charge on any atom is -0.497 e. The molecule has 7 nitrogen and oxygen atoms in total. The Labute approximate surface area is 192 Å². The van der Waals surface area contributed by atoms with E-state index in [9.17, 15) is 4.79 Å². The number of allylic oxidation sites excluding steroid dienone is 1. The van der Waals surface area contributed by atoms with Crippen LogP contribution in [0.25, 0.3) is 11.4 Å². The summed E-state index contributed by atoms with van der Waals surface area (Å²) in [6, 6.07) is 18.0. The van der Waals surface area contributed by atoms with Crippen molar-refractivity contribution in [3.63, 3.8) is 0 Å². The van der Waals surface area contributed by atoms with Gasteiger partial charge in [0.1, 0.15) is 5.75 Å². The van der Waals surface area contributed by atoms with Gasteiger partial charge in [-0.25, -0.2) is 0 Å². The first-order valence-corrected chi connectivity index (χ1v) is 11.6. The molecule has 0 atom stereocenters. The highest BCUT2D eigenvalue weighted by Gasteiger charge is 2.22. The van der Waals surface area contributed by atoms with Gasteiger partial charge in [0, 0.05) is 44.0 Å². The topological polar surface area (TPSA) is 63.5 Å². The minimum absolute atomic E-state index is 0.124. The third kappa shape index (κ3) is 4.96. The molecule has 166 valence electrons. The van der Waals surface area contributed by atoms with E-state index >= 15 is 0 Å². The standard InChI is InChI=1S/C24H27N5O2S/c1-3-13-29-23(19-7-5-4-6-8-19)25-26-24(29)32-18-22(30)28-16-14-27(15-17-28)20-9-11-21(31-2)12-10-20/h3-12H,1,13-18H2,2H3. The summed E-state index contributed by atoms with van der Waals surface area (Å²) in [5, 5.41) is 9.42. The molecular weight excluding hydrogens is 422 g/mol. The van der Waals surface area contributed by atoms with Gasteiger partial charge < -0.3 is 14.5 Å². The van der Waals surface area contributed by atoms with Gasteiger partial charge in [-0.15, -0.1) is 16.8 Å². The van der Waals surface area contributed by atoms with E-state index in [0.717, 1.165) is 41.1 Å². The van der Waals surface area contributed by atoms with E-state index in [1.807, 2.05) is 58.0 Å². The molecule has 0 N–H and O–H groups in total. The number of piperazine rings is 1. The number of benzene rings is 2. The fourth-order valence-corrected chi connectivity index (χ4v) is 4.57. The molecule has 0 spiro atoms. The number of anilines is 1. The fraction of sp³-hybridized carbons (Fsp3) is 0.292. The molecule has 0 aliphatic carbocycles. The predicted molar refractivity (Wildman–Crippen MR) is 128 cm³/mol. The van der Waals surface area contributed by atoms with Crippen LogP contribution in [0.15, 0.2) is 72.4 Å². The third-order valence-corrected chi connectivity index (χ3v) is 6.41. The van der Waals surface area contributed by atoms with Gasteiger partial charge in [0.05, 0.1) is 12.9 Å². The molecule has 8 heteroatoms. The van der Waals surface area contributed by atoms with Gasteiger partial charge in [-0.05, 0) is 24.3 Å². The molecule has 0 bridgehead atoms. The van der Waals surface area contributed by atoms with Crippen LogP contribution in [-0.2, 0) is 11.3 Å². The molecule has 1 fully saturated rings. The average Bonchev–Trinajstić information content (AvgIpc) is 3.26. The normalized spacial score (nSPS) is 13.8. The third-order valence-electron chi connectivity index (χ3n) is 5.46. The van der Waals surface area contributed by atoms with Gasteiger partial charge in [0.15, 0.2) is 11.0 Å². The van der Waals surface area contributed by atoms with Crippen molar-refractivity contribution >= 4 is 23.4 Å². The molecule has 1 aromatic heterocycles. The highest BCUT2D eigenvalue weighted by molar-refractivity contribution is 7.99. The van der Waals surface area contributed by atoms with Crippen LogP contribution >= 0.6 is 11.8 Å². The number of rotatable bonds is 8. The molecule has 2 heterocycles. The monoisotopic (exact) mass is 449 g/mol. The largest absolute Gasteiger partial charge is 0.497 e. The lowest BCUT2D eigenvalue weighted by Gasteiger charge is -2.36. The molecule has 1 aliphatic rings. The van der Waals surface area contributed by atoms with E-state index in [-0.39, 0.29) is 5.91 Å². The van der Waals surface area contributed by atoms with E-state index in [2.05, 4.69) is 33.8 Å². The molecule has 0 saturated carbocycles. The quantitative estimate of drug-likeness (QED) is 0.387. The first kappa shape index (κ1) is 22.0. The Balaban J connectivity index is 1.34. The second-order valence-corrected chi connectivity index (χ2v) is 8.37. The summed E-state index contributed by atoms with van der Waals surface area (Å²) < 4.78 is 7.23. The number of ether oxygens (including phenoxy) is 1. The predicted octanol–water partition coefficient (Wildman–Crippen LogP) is 3.58. The van der Waals surface area contributed by atoms with Crippen LogP contribution in [0.2, 0.25) is 0 Å². The van der Waals surface area contributed by atoms with Gasteiger partial charge in [-0.3, -0.25) is 9.36 Å². The van der Waals surface area contributed by atoms with Crippen molar-refractivity contribution in [1.29, 1.82) is 0 Å². The fourth-order valence-electron chi connectivity index (χ4n) is 3.71. The molecule has 0 unspecified atom stereocenters. The maximum atomic E-state index is 12.8. The summed E-state index contributed by atoms with van der Waals surface area (Å²) in [5.74, 6) is 2.10. The van der Waals surface area contributed by atoms with Gasteiger partial charge >= 0.3 is 0 Å². The Bertz CT molecular complexity index is 1040. The Hall–Kier alpha value is -3.26. The second kappa shape index (κ2) is 10.4. The Morgan fingerprint density at radius 2 is 1.78 bits per heavy atom. The Morgan fingerprint density at radius 1 is 1.06 bits per heavy atom. The number of hydrogen-bond donors (Lipinski definition) is 0. The first-order valence-electron chi connectivity index (χ1n) is 10.6. The summed E-state index contributed by atoms with van der Waals surface area (Å²) in [6.45, 7) is 7.48. The zero-order valence-corrected chi connectivity index (χ0v) is 19.0. The molecule has 1 amide bonds. The Morgan fingerprint density at radius 3 is 2.44 bits per heavy atom.